The molecule has 0 saturated heterocycles. The van der Waals surface area contributed by atoms with E-state index in [9.17, 15) is 17.6 Å². The summed E-state index contributed by atoms with van der Waals surface area (Å²) in [6.07, 6.45) is 0.896. The van der Waals surface area contributed by atoms with E-state index in [1.54, 1.807) is 0 Å². The zero-order valence-corrected chi connectivity index (χ0v) is 16.6. The van der Waals surface area contributed by atoms with Crippen molar-refractivity contribution in [1.82, 2.24) is 4.90 Å². The fourth-order valence-corrected chi connectivity index (χ4v) is 3.36. The van der Waals surface area contributed by atoms with Gasteiger partial charge in [-0.25, -0.2) is 12.8 Å². The molecule has 5 nitrogen and oxygen atoms in total. The first-order valence-electron chi connectivity index (χ1n) is 6.53. The quantitative estimate of drug-likeness (QED) is 0.776. The molecule has 0 aliphatic heterocycles. The number of benzene rings is 1. The van der Waals surface area contributed by atoms with E-state index in [-0.39, 0.29) is 23.4 Å². The molecule has 9 heteroatoms. The Balaban J connectivity index is 0.00000484. The smallest absolute Gasteiger partial charge is 0.256 e. The van der Waals surface area contributed by atoms with E-state index in [1.165, 1.54) is 18.0 Å². The Hall–Kier alpha value is -0.700. The molecule has 0 fully saturated rings. The van der Waals surface area contributed by atoms with Crippen LogP contribution in [0, 0.1) is 11.2 Å². The summed E-state index contributed by atoms with van der Waals surface area (Å²) >= 11 is 3.11. The molecule has 1 aromatic rings. The van der Waals surface area contributed by atoms with Gasteiger partial charge in [0.25, 0.3) is 5.91 Å². The van der Waals surface area contributed by atoms with Gasteiger partial charge in [-0.2, -0.15) is 0 Å². The van der Waals surface area contributed by atoms with Crippen LogP contribution < -0.4 is 5.73 Å². The molecule has 1 amide bonds. The first kappa shape index (κ1) is 22.3. The van der Waals surface area contributed by atoms with E-state index >= 15 is 0 Å². The lowest BCUT2D eigenvalue weighted by molar-refractivity contribution is 0.0735. The Bertz CT molecular complexity index is 696. The van der Waals surface area contributed by atoms with Crippen LogP contribution >= 0.6 is 28.3 Å². The topological polar surface area (TPSA) is 80.5 Å². The van der Waals surface area contributed by atoms with Crippen molar-refractivity contribution in [2.24, 2.45) is 11.1 Å². The van der Waals surface area contributed by atoms with Crippen LogP contribution in [0.15, 0.2) is 21.5 Å². The molecule has 0 bridgehead atoms. The second-order valence-electron chi connectivity index (χ2n) is 6.07. The Morgan fingerprint density at radius 2 is 1.91 bits per heavy atom. The number of halogens is 3. The van der Waals surface area contributed by atoms with Gasteiger partial charge in [-0.15, -0.1) is 12.4 Å². The summed E-state index contributed by atoms with van der Waals surface area (Å²) in [7, 11) is -2.25. The van der Waals surface area contributed by atoms with E-state index in [0.29, 0.717) is 17.6 Å². The number of hydrogen-bond acceptors (Lipinski definition) is 4. The molecule has 0 saturated carbocycles. The number of hydrogen-bond donors (Lipinski definition) is 1. The maximum Gasteiger partial charge on any atom is 0.256 e. The third-order valence-corrected chi connectivity index (χ3v) is 4.75. The molecule has 0 heterocycles. The van der Waals surface area contributed by atoms with Crippen LogP contribution in [0.5, 0.6) is 0 Å². The molecular formula is C14H21BrClFN2O3S. The predicted molar refractivity (Wildman–Crippen MR) is 94.3 cm³/mol. The lowest BCUT2D eigenvalue weighted by Crippen LogP contribution is -2.40. The minimum absolute atomic E-state index is 0. The van der Waals surface area contributed by atoms with E-state index in [2.05, 4.69) is 15.9 Å². The summed E-state index contributed by atoms with van der Waals surface area (Å²) in [6.45, 7) is 4.45. The zero-order valence-electron chi connectivity index (χ0n) is 13.4. The Kier molecular flexibility index (Phi) is 7.67. The summed E-state index contributed by atoms with van der Waals surface area (Å²) in [5.41, 5.74) is 5.02. The van der Waals surface area contributed by atoms with Crippen molar-refractivity contribution in [3.63, 3.8) is 0 Å². The fourth-order valence-electron chi connectivity index (χ4n) is 1.97. The van der Waals surface area contributed by atoms with E-state index in [4.69, 9.17) is 5.73 Å². The van der Waals surface area contributed by atoms with Gasteiger partial charge in [0.2, 0.25) is 0 Å². The van der Waals surface area contributed by atoms with E-state index in [1.807, 2.05) is 13.8 Å². The maximum absolute atomic E-state index is 14.4. The molecule has 0 radical (unpaired) electrons. The molecule has 0 aromatic heterocycles. The zero-order chi connectivity index (χ0) is 17.3. The van der Waals surface area contributed by atoms with E-state index < -0.39 is 26.5 Å². The summed E-state index contributed by atoms with van der Waals surface area (Å²) < 4.78 is 38.0. The van der Waals surface area contributed by atoms with Crippen LogP contribution in [-0.2, 0) is 9.84 Å². The van der Waals surface area contributed by atoms with Gasteiger partial charge >= 0.3 is 0 Å². The number of nitrogens with zero attached hydrogens (tertiary/aromatic N) is 1. The molecule has 132 valence electrons. The molecule has 0 spiro atoms. The Morgan fingerprint density at radius 3 is 2.35 bits per heavy atom. The molecule has 1 aromatic carbocycles. The largest absolute Gasteiger partial charge is 0.341 e. The lowest BCUT2D eigenvalue weighted by Gasteiger charge is -2.29. The van der Waals surface area contributed by atoms with Gasteiger partial charge < -0.3 is 10.6 Å². The van der Waals surface area contributed by atoms with Crippen LogP contribution in [0.1, 0.15) is 24.2 Å². The monoisotopic (exact) mass is 430 g/mol. The number of nitrogens with two attached hydrogens (primary N) is 1. The molecule has 2 N–H and O–H groups in total. The van der Waals surface area contributed by atoms with E-state index in [0.717, 1.165) is 12.3 Å². The Morgan fingerprint density at radius 1 is 1.39 bits per heavy atom. The van der Waals surface area contributed by atoms with Crippen LogP contribution in [0.25, 0.3) is 0 Å². The minimum atomic E-state index is -3.77. The molecular weight excluding hydrogens is 411 g/mol. The average molecular weight is 432 g/mol. The summed E-state index contributed by atoms with van der Waals surface area (Å²) in [5, 5.41) is 0. The first-order valence-corrected chi connectivity index (χ1v) is 9.22. The normalized spacial score (nSPS) is 11.8. The van der Waals surface area contributed by atoms with Gasteiger partial charge in [-0.05, 0) is 24.1 Å². The standard InChI is InChI=1S/C14H20BrFN2O3S.ClH/c1-14(2,7-17)8-18(3)13(19)10-5-9(15)6-11(12(10)16)22(4,20)21;/h5-6H,7-8,17H2,1-4H3;1H. The van der Waals surface area contributed by atoms with Gasteiger partial charge in [0, 0.05) is 24.3 Å². The van der Waals surface area contributed by atoms with Crippen molar-refractivity contribution >= 4 is 44.1 Å². The molecule has 0 unspecified atom stereocenters. The van der Waals surface area contributed by atoms with Crippen LogP contribution in [0.4, 0.5) is 4.39 Å². The average Bonchev–Trinajstić information content (AvgIpc) is 2.38. The van der Waals surface area contributed by atoms with Gasteiger partial charge in [0.15, 0.2) is 15.7 Å². The number of rotatable bonds is 5. The number of carbonyl (C=O) groups is 1. The summed E-state index contributed by atoms with van der Waals surface area (Å²) in [5.74, 6) is -1.63. The molecule has 0 atom stereocenters. The summed E-state index contributed by atoms with van der Waals surface area (Å²) in [4.78, 5) is 13.3. The van der Waals surface area contributed by atoms with Crippen LogP contribution in [0.2, 0.25) is 0 Å². The predicted octanol–water partition coefficient (Wildman–Crippen LogP) is 2.47. The van der Waals surface area contributed by atoms with Gasteiger partial charge in [-0.1, -0.05) is 29.8 Å². The SMILES string of the molecule is CN(CC(C)(C)CN)C(=O)c1cc(Br)cc(S(C)(=O)=O)c1F.Cl. The molecule has 0 aliphatic rings. The third kappa shape index (κ3) is 5.70. The molecule has 23 heavy (non-hydrogen) atoms. The Labute approximate surface area is 150 Å². The second-order valence-corrected chi connectivity index (χ2v) is 8.97. The summed E-state index contributed by atoms with van der Waals surface area (Å²) in [6, 6.07) is 2.42. The third-order valence-electron chi connectivity index (χ3n) is 3.20. The van der Waals surface area contributed by atoms with Crippen molar-refractivity contribution in [3.05, 3.63) is 28.0 Å². The van der Waals surface area contributed by atoms with Crippen molar-refractivity contribution in [3.8, 4) is 0 Å². The van der Waals surface area contributed by atoms with Gasteiger partial charge in [0.05, 0.1) is 5.56 Å². The van der Waals surface area contributed by atoms with Crippen LogP contribution in [-0.4, -0.2) is 45.6 Å². The van der Waals surface area contributed by atoms with Crippen molar-refractivity contribution in [2.45, 2.75) is 18.7 Å². The fraction of sp³-hybridized carbons (Fsp3) is 0.500. The van der Waals surface area contributed by atoms with Gasteiger partial charge in [0.1, 0.15) is 4.90 Å². The van der Waals surface area contributed by atoms with Crippen molar-refractivity contribution < 1.29 is 17.6 Å². The molecule has 0 aliphatic carbocycles. The highest BCUT2D eigenvalue weighted by molar-refractivity contribution is 9.10. The number of sulfone groups is 1. The highest BCUT2D eigenvalue weighted by atomic mass is 79.9. The second kappa shape index (κ2) is 7.92. The minimum Gasteiger partial charge on any atom is -0.341 e. The van der Waals surface area contributed by atoms with Gasteiger partial charge in [-0.3, -0.25) is 4.79 Å². The van der Waals surface area contributed by atoms with Crippen molar-refractivity contribution in [1.29, 1.82) is 0 Å². The maximum atomic E-state index is 14.4. The highest BCUT2D eigenvalue weighted by Crippen LogP contribution is 2.25. The number of amides is 1. The lowest BCUT2D eigenvalue weighted by atomic mass is 9.93. The highest BCUT2D eigenvalue weighted by Gasteiger charge is 2.27. The van der Waals surface area contributed by atoms with Crippen LogP contribution in [0.3, 0.4) is 0 Å². The van der Waals surface area contributed by atoms with Crippen molar-refractivity contribution in [2.75, 3.05) is 26.4 Å². The number of carbonyl (C=O) groups excluding carboxylic acids is 1. The first-order chi connectivity index (χ1) is 9.89. The molecule has 1 rings (SSSR count).